The lowest BCUT2D eigenvalue weighted by atomic mass is 9.88. The highest BCUT2D eigenvalue weighted by Gasteiger charge is 2.34. The van der Waals surface area contributed by atoms with E-state index < -0.39 is 0 Å². The molecule has 1 aromatic rings. The normalized spacial score (nSPS) is 22.7. The Balaban J connectivity index is 2.09. The molecule has 4 heteroatoms. The second-order valence-corrected chi connectivity index (χ2v) is 5.79. The van der Waals surface area contributed by atoms with Crippen LogP contribution < -0.4 is 10.1 Å². The van der Waals surface area contributed by atoms with E-state index >= 15 is 0 Å². The van der Waals surface area contributed by atoms with Crippen LogP contribution in [0.3, 0.4) is 0 Å². The number of nitrogens with zero attached hydrogens (tertiary/aromatic N) is 2. The molecular weight excluding hydrogens is 250 g/mol. The summed E-state index contributed by atoms with van der Waals surface area (Å²) < 4.78 is 5.21. The van der Waals surface area contributed by atoms with Crippen LogP contribution in [0, 0.1) is 0 Å². The molecule has 1 atom stereocenters. The first kappa shape index (κ1) is 15.3. The summed E-state index contributed by atoms with van der Waals surface area (Å²) in [5.74, 6) is 0.697. The molecule has 0 aromatic carbocycles. The van der Waals surface area contributed by atoms with E-state index in [1.54, 1.807) is 7.11 Å². The lowest BCUT2D eigenvalue weighted by Gasteiger charge is -2.46. The molecule has 1 aromatic heterocycles. The largest absolute Gasteiger partial charge is 0.481 e. The van der Waals surface area contributed by atoms with E-state index in [4.69, 9.17) is 4.74 Å². The zero-order valence-electron chi connectivity index (χ0n) is 13.1. The van der Waals surface area contributed by atoms with Crippen LogP contribution >= 0.6 is 0 Å². The molecule has 1 saturated heterocycles. The fraction of sp³-hybridized carbons (Fsp3) is 0.688. The minimum atomic E-state index is 0.255. The van der Waals surface area contributed by atoms with Crippen molar-refractivity contribution in [2.45, 2.75) is 51.7 Å². The summed E-state index contributed by atoms with van der Waals surface area (Å²) in [7, 11) is 1.67. The summed E-state index contributed by atoms with van der Waals surface area (Å²) in [5, 5.41) is 3.73. The second kappa shape index (κ2) is 6.55. The van der Waals surface area contributed by atoms with Gasteiger partial charge in [-0.2, -0.15) is 0 Å². The van der Waals surface area contributed by atoms with E-state index in [1.807, 2.05) is 12.1 Å². The molecule has 0 aliphatic carbocycles. The first-order valence-corrected chi connectivity index (χ1v) is 7.61. The lowest BCUT2D eigenvalue weighted by molar-refractivity contribution is 0.0734. The van der Waals surface area contributed by atoms with Gasteiger partial charge in [0.2, 0.25) is 5.88 Å². The van der Waals surface area contributed by atoms with Gasteiger partial charge in [0.25, 0.3) is 0 Å². The fourth-order valence-corrected chi connectivity index (χ4v) is 2.90. The van der Waals surface area contributed by atoms with E-state index in [1.165, 1.54) is 0 Å². The van der Waals surface area contributed by atoms with Crippen molar-refractivity contribution in [2.24, 2.45) is 0 Å². The topological polar surface area (TPSA) is 37.4 Å². The molecule has 0 radical (unpaired) electrons. The maximum Gasteiger partial charge on any atom is 0.213 e. The highest BCUT2D eigenvalue weighted by molar-refractivity contribution is 5.16. The van der Waals surface area contributed by atoms with Crippen molar-refractivity contribution in [1.82, 2.24) is 15.2 Å². The SMILES string of the molecule is CCC1(CC)CN(Cc2cccc(OC)n2)C(C)CN1. The summed E-state index contributed by atoms with van der Waals surface area (Å²) in [6.45, 7) is 9.85. The third-order valence-corrected chi connectivity index (χ3v) is 4.61. The molecule has 0 bridgehead atoms. The zero-order chi connectivity index (χ0) is 14.6. The highest BCUT2D eigenvalue weighted by Crippen LogP contribution is 2.24. The number of hydrogen-bond acceptors (Lipinski definition) is 4. The molecule has 0 spiro atoms. The van der Waals surface area contributed by atoms with Gasteiger partial charge in [-0.1, -0.05) is 19.9 Å². The van der Waals surface area contributed by atoms with Crippen LogP contribution in [0.5, 0.6) is 5.88 Å². The number of rotatable bonds is 5. The quantitative estimate of drug-likeness (QED) is 0.897. The molecule has 2 rings (SSSR count). The highest BCUT2D eigenvalue weighted by atomic mass is 16.5. The minimum absolute atomic E-state index is 0.255. The molecule has 1 aliphatic rings. The molecular formula is C16H27N3O. The summed E-state index contributed by atoms with van der Waals surface area (Å²) >= 11 is 0. The fourth-order valence-electron chi connectivity index (χ4n) is 2.90. The Morgan fingerprint density at radius 2 is 2.15 bits per heavy atom. The third kappa shape index (κ3) is 3.30. The Labute approximate surface area is 122 Å². The first-order valence-electron chi connectivity index (χ1n) is 7.61. The minimum Gasteiger partial charge on any atom is -0.481 e. The average molecular weight is 277 g/mol. The second-order valence-electron chi connectivity index (χ2n) is 5.79. The van der Waals surface area contributed by atoms with Gasteiger partial charge in [-0.05, 0) is 25.8 Å². The van der Waals surface area contributed by atoms with Crippen molar-refractivity contribution >= 4 is 0 Å². The molecule has 1 fully saturated rings. The van der Waals surface area contributed by atoms with Crippen molar-refractivity contribution in [1.29, 1.82) is 0 Å². The van der Waals surface area contributed by atoms with Gasteiger partial charge in [-0.25, -0.2) is 4.98 Å². The van der Waals surface area contributed by atoms with Gasteiger partial charge in [-0.3, -0.25) is 4.90 Å². The molecule has 20 heavy (non-hydrogen) atoms. The smallest absolute Gasteiger partial charge is 0.213 e. The van der Waals surface area contributed by atoms with Crippen LogP contribution in [0.25, 0.3) is 0 Å². The Kier molecular flexibility index (Phi) is 5.00. The van der Waals surface area contributed by atoms with Crippen LogP contribution in [-0.2, 0) is 6.54 Å². The average Bonchev–Trinajstić information content (AvgIpc) is 2.50. The molecule has 1 N–H and O–H groups in total. The maximum atomic E-state index is 5.21. The number of aromatic nitrogens is 1. The number of pyridine rings is 1. The Bertz CT molecular complexity index is 431. The maximum absolute atomic E-state index is 5.21. The number of piperazine rings is 1. The summed E-state index contributed by atoms with van der Waals surface area (Å²) in [6, 6.07) is 6.53. The molecule has 1 unspecified atom stereocenters. The molecule has 1 aliphatic heterocycles. The third-order valence-electron chi connectivity index (χ3n) is 4.61. The van der Waals surface area contributed by atoms with Crippen molar-refractivity contribution in [2.75, 3.05) is 20.2 Å². The van der Waals surface area contributed by atoms with Gasteiger partial charge < -0.3 is 10.1 Å². The monoisotopic (exact) mass is 277 g/mol. The van der Waals surface area contributed by atoms with Crippen molar-refractivity contribution < 1.29 is 4.74 Å². The molecule has 4 nitrogen and oxygen atoms in total. The van der Waals surface area contributed by atoms with Crippen LogP contribution in [0.4, 0.5) is 0 Å². The van der Waals surface area contributed by atoms with Gasteiger partial charge in [-0.15, -0.1) is 0 Å². The zero-order valence-corrected chi connectivity index (χ0v) is 13.1. The van der Waals surface area contributed by atoms with Crippen LogP contribution in [0.15, 0.2) is 18.2 Å². The van der Waals surface area contributed by atoms with Gasteiger partial charge in [0.05, 0.1) is 12.8 Å². The van der Waals surface area contributed by atoms with E-state index in [0.29, 0.717) is 11.9 Å². The Hall–Kier alpha value is -1.13. The van der Waals surface area contributed by atoms with Crippen LogP contribution in [-0.4, -0.2) is 41.7 Å². The molecule has 112 valence electrons. The van der Waals surface area contributed by atoms with Crippen molar-refractivity contribution in [3.8, 4) is 5.88 Å². The number of ether oxygens (including phenoxy) is 1. The summed E-state index contributed by atoms with van der Waals surface area (Å²) in [6.07, 6.45) is 2.33. The van der Waals surface area contributed by atoms with Crippen molar-refractivity contribution in [3.63, 3.8) is 0 Å². The van der Waals surface area contributed by atoms with Crippen LogP contribution in [0.2, 0.25) is 0 Å². The number of hydrogen-bond donors (Lipinski definition) is 1. The predicted octanol–water partition coefficient (Wildman–Crippen LogP) is 2.44. The number of nitrogens with one attached hydrogen (secondary N) is 1. The van der Waals surface area contributed by atoms with Gasteiger partial charge in [0.1, 0.15) is 0 Å². The van der Waals surface area contributed by atoms with Crippen LogP contribution in [0.1, 0.15) is 39.3 Å². The van der Waals surface area contributed by atoms with E-state index in [2.05, 4.69) is 42.0 Å². The molecule has 2 heterocycles. The Morgan fingerprint density at radius 3 is 2.80 bits per heavy atom. The first-order chi connectivity index (χ1) is 9.62. The van der Waals surface area contributed by atoms with Gasteiger partial charge >= 0.3 is 0 Å². The number of methoxy groups -OCH3 is 1. The summed E-state index contributed by atoms with van der Waals surface area (Å²) in [4.78, 5) is 7.07. The van der Waals surface area contributed by atoms with E-state index in [-0.39, 0.29) is 5.54 Å². The Morgan fingerprint density at radius 1 is 1.40 bits per heavy atom. The summed E-state index contributed by atoms with van der Waals surface area (Å²) in [5.41, 5.74) is 1.34. The molecule has 0 amide bonds. The van der Waals surface area contributed by atoms with Crippen molar-refractivity contribution in [3.05, 3.63) is 23.9 Å². The molecule has 0 saturated carbocycles. The standard InChI is InChI=1S/C16H27N3O/c1-5-16(6-2)12-19(13(3)10-17-16)11-14-8-7-9-15(18-14)20-4/h7-9,13,17H,5-6,10-12H2,1-4H3. The van der Waals surface area contributed by atoms with Gasteiger partial charge in [0.15, 0.2) is 0 Å². The lowest BCUT2D eigenvalue weighted by Crippen LogP contribution is -2.62. The van der Waals surface area contributed by atoms with E-state index in [0.717, 1.165) is 38.2 Å². The van der Waals surface area contributed by atoms with Gasteiger partial charge in [0, 0.05) is 37.3 Å². The predicted molar refractivity (Wildman–Crippen MR) is 82.0 cm³/mol. The van der Waals surface area contributed by atoms with E-state index in [9.17, 15) is 0 Å².